The summed E-state index contributed by atoms with van der Waals surface area (Å²) in [6.07, 6.45) is 6.62. The first-order valence-electron chi connectivity index (χ1n) is 7.50. The summed E-state index contributed by atoms with van der Waals surface area (Å²) in [5, 5.41) is 5.79. The van der Waals surface area contributed by atoms with Crippen LogP contribution in [0.1, 0.15) is 39.3 Å². The Hall–Kier alpha value is -0.910. The fourth-order valence-corrected chi connectivity index (χ4v) is 3.65. The Morgan fingerprint density at radius 3 is 3.15 bits per heavy atom. The fraction of sp³-hybridized carbons (Fsp3) is 0.667. The molecule has 0 aromatic carbocycles. The monoisotopic (exact) mass is 292 g/mol. The van der Waals surface area contributed by atoms with Crippen molar-refractivity contribution in [2.75, 3.05) is 13.1 Å². The normalized spacial score (nSPS) is 28.9. The molecule has 3 rings (SSSR count). The molecular formula is C15H24N4S. The minimum atomic E-state index is 0.224. The van der Waals surface area contributed by atoms with E-state index in [4.69, 9.17) is 4.98 Å². The van der Waals surface area contributed by atoms with Gasteiger partial charge in [-0.15, -0.1) is 11.3 Å². The van der Waals surface area contributed by atoms with E-state index in [1.807, 2.05) is 0 Å². The van der Waals surface area contributed by atoms with Gasteiger partial charge in [0, 0.05) is 42.4 Å². The van der Waals surface area contributed by atoms with E-state index < -0.39 is 0 Å². The van der Waals surface area contributed by atoms with Crippen LogP contribution in [0.25, 0.3) is 4.96 Å². The number of thiazole rings is 1. The van der Waals surface area contributed by atoms with Crippen LogP contribution in [0.2, 0.25) is 0 Å². The fourth-order valence-electron chi connectivity index (χ4n) is 2.93. The van der Waals surface area contributed by atoms with Crippen LogP contribution in [0.15, 0.2) is 17.8 Å². The molecule has 0 radical (unpaired) electrons. The Balaban J connectivity index is 1.78. The Morgan fingerprint density at radius 1 is 1.55 bits per heavy atom. The van der Waals surface area contributed by atoms with Crippen molar-refractivity contribution in [2.24, 2.45) is 0 Å². The maximum Gasteiger partial charge on any atom is 0.193 e. The van der Waals surface area contributed by atoms with E-state index in [1.165, 1.54) is 12.1 Å². The second-order valence-electron chi connectivity index (χ2n) is 6.21. The van der Waals surface area contributed by atoms with E-state index in [9.17, 15) is 0 Å². The van der Waals surface area contributed by atoms with Gasteiger partial charge in [0.15, 0.2) is 4.96 Å². The molecule has 0 amide bonds. The summed E-state index contributed by atoms with van der Waals surface area (Å²) in [5.74, 6) is 0. The molecule has 1 aliphatic rings. The highest BCUT2D eigenvalue weighted by Crippen LogP contribution is 2.21. The van der Waals surface area contributed by atoms with Gasteiger partial charge in [-0.25, -0.2) is 4.98 Å². The summed E-state index contributed by atoms with van der Waals surface area (Å²) in [6.45, 7) is 10.1. The van der Waals surface area contributed by atoms with Gasteiger partial charge >= 0.3 is 0 Å². The topological polar surface area (TPSA) is 32.6 Å². The first kappa shape index (κ1) is 14.0. The zero-order valence-corrected chi connectivity index (χ0v) is 13.4. The molecule has 5 heteroatoms. The van der Waals surface area contributed by atoms with Crippen LogP contribution >= 0.6 is 11.3 Å². The third-order valence-electron chi connectivity index (χ3n) is 4.58. The quantitative estimate of drug-likeness (QED) is 0.944. The number of nitrogens with zero attached hydrogens (tertiary/aromatic N) is 3. The van der Waals surface area contributed by atoms with Crippen molar-refractivity contribution in [2.45, 2.75) is 51.7 Å². The Bertz CT molecular complexity index is 547. The Labute approximate surface area is 124 Å². The summed E-state index contributed by atoms with van der Waals surface area (Å²) in [4.78, 5) is 8.40. The first-order chi connectivity index (χ1) is 9.59. The molecule has 2 aromatic rings. The van der Waals surface area contributed by atoms with Crippen LogP contribution in [0, 0.1) is 0 Å². The number of aromatic nitrogens is 2. The lowest BCUT2D eigenvalue weighted by Crippen LogP contribution is -2.49. The summed E-state index contributed by atoms with van der Waals surface area (Å²) < 4.78 is 2.12. The second kappa shape index (κ2) is 5.47. The molecule has 0 saturated carbocycles. The molecule has 1 fully saturated rings. The van der Waals surface area contributed by atoms with Crippen molar-refractivity contribution in [3.05, 3.63) is 23.5 Å². The lowest BCUT2D eigenvalue weighted by atomic mass is 9.98. The molecule has 0 spiro atoms. The number of rotatable bonds is 3. The molecule has 1 N–H and O–H groups in total. The van der Waals surface area contributed by atoms with Crippen molar-refractivity contribution in [3.63, 3.8) is 0 Å². The zero-order valence-electron chi connectivity index (χ0n) is 12.6. The summed E-state index contributed by atoms with van der Waals surface area (Å²) >= 11 is 1.70. The summed E-state index contributed by atoms with van der Waals surface area (Å²) in [5.41, 5.74) is 1.41. The third-order valence-corrected chi connectivity index (χ3v) is 5.35. The third kappa shape index (κ3) is 2.75. The highest BCUT2D eigenvalue weighted by Gasteiger charge is 2.30. The minimum Gasteiger partial charge on any atom is -0.310 e. The number of hydrogen-bond donors (Lipinski definition) is 1. The molecule has 1 saturated heterocycles. The largest absolute Gasteiger partial charge is 0.310 e. The Morgan fingerprint density at radius 2 is 2.40 bits per heavy atom. The van der Waals surface area contributed by atoms with E-state index >= 15 is 0 Å². The maximum absolute atomic E-state index is 4.72. The Kier molecular flexibility index (Phi) is 3.84. The van der Waals surface area contributed by atoms with Gasteiger partial charge in [0.1, 0.15) is 0 Å². The van der Waals surface area contributed by atoms with Gasteiger partial charge in [0.05, 0.1) is 5.69 Å². The van der Waals surface area contributed by atoms with Crippen LogP contribution in [0.3, 0.4) is 0 Å². The molecule has 1 aliphatic heterocycles. The molecule has 4 nitrogen and oxygen atoms in total. The second-order valence-corrected chi connectivity index (χ2v) is 7.08. The summed E-state index contributed by atoms with van der Waals surface area (Å²) in [7, 11) is 0. The highest BCUT2D eigenvalue weighted by atomic mass is 32.1. The minimum absolute atomic E-state index is 0.224. The van der Waals surface area contributed by atoms with Crippen molar-refractivity contribution in [1.29, 1.82) is 0 Å². The van der Waals surface area contributed by atoms with Crippen molar-refractivity contribution >= 4 is 16.3 Å². The number of fused-ring (bicyclic) bond motifs is 1. The van der Waals surface area contributed by atoms with Crippen molar-refractivity contribution < 1.29 is 0 Å². The van der Waals surface area contributed by atoms with Gasteiger partial charge < -0.3 is 5.32 Å². The predicted octanol–water partition coefficient (Wildman–Crippen LogP) is 2.75. The molecular weight excluding hydrogens is 268 g/mol. The van der Waals surface area contributed by atoms with Crippen molar-refractivity contribution in [1.82, 2.24) is 19.6 Å². The molecule has 2 atom stereocenters. The average Bonchev–Trinajstić information content (AvgIpc) is 2.94. The lowest BCUT2D eigenvalue weighted by molar-refractivity contribution is 0.162. The SMILES string of the molecule is CCC1(C)CN(Cc2cn3ccsc3n2)C(C)CCN1. The number of nitrogens with one attached hydrogen (secondary N) is 1. The van der Waals surface area contributed by atoms with Crippen LogP contribution in [-0.2, 0) is 6.54 Å². The first-order valence-corrected chi connectivity index (χ1v) is 8.38. The van der Waals surface area contributed by atoms with Gasteiger partial charge in [0.2, 0.25) is 0 Å². The molecule has 2 unspecified atom stereocenters. The van der Waals surface area contributed by atoms with Crippen LogP contribution in [0.4, 0.5) is 0 Å². The molecule has 20 heavy (non-hydrogen) atoms. The highest BCUT2D eigenvalue weighted by molar-refractivity contribution is 7.15. The predicted molar refractivity (Wildman–Crippen MR) is 84.3 cm³/mol. The van der Waals surface area contributed by atoms with Crippen LogP contribution in [0.5, 0.6) is 0 Å². The maximum atomic E-state index is 4.72. The van der Waals surface area contributed by atoms with Gasteiger partial charge in [-0.3, -0.25) is 9.30 Å². The van der Waals surface area contributed by atoms with Crippen molar-refractivity contribution in [3.8, 4) is 0 Å². The van der Waals surface area contributed by atoms with E-state index in [-0.39, 0.29) is 5.54 Å². The lowest BCUT2D eigenvalue weighted by Gasteiger charge is -2.34. The molecule has 110 valence electrons. The van der Waals surface area contributed by atoms with Gasteiger partial charge in [-0.05, 0) is 33.2 Å². The summed E-state index contributed by atoms with van der Waals surface area (Å²) in [6, 6.07) is 0.607. The standard InChI is InChI=1S/C15H24N4S/c1-4-15(3)11-19(12(2)5-6-16-15)10-13-9-18-7-8-20-14(18)17-13/h7-9,12,16H,4-6,10-11H2,1-3H3. The van der Waals surface area contributed by atoms with E-state index in [0.29, 0.717) is 6.04 Å². The molecule has 0 bridgehead atoms. The smallest absolute Gasteiger partial charge is 0.193 e. The van der Waals surface area contributed by atoms with Gasteiger partial charge in [0.25, 0.3) is 0 Å². The molecule has 3 heterocycles. The van der Waals surface area contributed by atoms with E-state index in [2.05, 4.69) is 53.2 Å². The zero-order chi connectivity index (χ0) is 14.2. The van der Waals surface area contributed by atoms with Gasteiger partial charge in [-0.1, -0.05) is 6.92 Å². The van der Waals surface area contributed by atoms with Gasteiger partial charge in [-0.2, -0.15) is 0 Å². The van der Waals surface area contributed by atoms with E-state index in [0.717, 1.165) is 31.0 Å². The van der Waals surface area contributed by atoms with Crippen LogP contribution in [-0.4, -0.2) is 39.0 Å². The number of hydrogen-bond acceptors (Lipinski definition) is 4. The molecule has 2 aromatic heterocycles. The van der Waals surface area contributed by atoms with E-state index in [1.54, 1.807) is 11.3 Å². The average molecular weight is 292 g/mol. The molecule has 0 aliphatic carbocycles. The number of imidazole rings is 1. The van der Waals surface area contributed by atoms with Crippen LogP contribution < -0.4 is 5.32 Å².